The standard InChI is InChI=1S/C12H12I2O5S/c13-7-5-8(12(16)17)11(9(14)6-7)19-3-2-18-10(15)1-4-20/h5-6,20H,1-4H2,(H,16,17). The zero-order valence-electron chi connectivity index (χ0n) is 10.3. The Labute approximate surface area is 149 Å². The summed E-state index contributed by atoms with van der Waals surface area (Å²) in [5.41, 5.74) is 0.1000. The molecule has 0 heterocycles. The third-order valence-electron chi connectivity index (χ3n) is 2.15. The Kier molecular flexibility index (Phi) is 7.95. The van der Waals surface area contributed by atoms with Crippen molar-refractivity contribution in [3.05, 3.63) is 24.8 Å². The van der Waals surface area contributed by atoms with Gasteiger partial charge in [0.2, 0.25) is 0 Å². The topological polar surface area (TPSA) is 72.8 Å². The Hall–Kier alpha value is -0.230. The summed E-state index contributed by atoms with van der Waals surface area (Å²) in [6.45, 7) is 0.183. The molecule has 1 rings (SSSR count). The highest BCUT2D eigenvalue weighted by Crippen LogP contribution is 2.28. The number of hydrogen-bond acceptors (Lipinski definition) is 5. The van der Waals surface area contributed by atoms with E-state index in [0.717, 1.165) is 3.57 Å². The number of carboxylic acids is 1. The number of carbonyl (C=O) groups is 2. The van der Waals surface area contributed by atoms with Crippen LogP contribution >= 0.6 is 57.8 Å². The number of ether oxygens (including phenoxy) is 2. The van der Waals surface area contributed by atoms with Gasteiger partial charge in [-0.05, 0) is 57.3 Å². The average molecular weight is 522 g/mol. The lowest BCUT2D eigenvalue weighted by atomic mass is 10.2. The van der Waals surface area contributed by atoms with Crippen LogP contribution in [0, 0.1) is 7.14 Å². The van der Waals surface area contributed by atoms with Crippen LogP contribution in [0.1, 0.15) is 16.8 Å². The van der Waals surface area contributed by atoms with E-state index >= 15 is 0 Å². The van der Waals surface area contributed by atoms with Gasteiger partial charge in [-0.25, -0.2) is 4.79 Å². The first-order chi connectivity index (χ1) is 9.45. The van der Waals surface area contributed by atoms with Crippen molar-refractivity contribution in [1.29, 1.82) is 0 Å². The van der Waals surface area contributed by atoms with E-state index < -0.39 is 5.97 Å². The van der Waals surface area contributed by atoms with Crippen molar-refractivity contribution < 1.29 is 24.2 Å². The van der Waals surface area contributed by atoms with Crippen LogP contribution in [-0.2, 0) is 9.53 Å². The molecule has 0 aliphatic rings. The van der Waals surface area contributed by atoms with Gasteiger partial charge in [-0.2, -0.15) is 12.6 Å². The molecule has 8 heteroatoms. The van der Waals surface area contributed by atoms with Crippen molar-refractivity contribution in [3.8, 4) is 5.75 Å². The van der Waals surface area contributed by atoms with Crippen LogP contribution in [0.3, 0.4) is 0 Å². The second kappa shape index (κ2) is 8.93. The smallest absolute Gasteiger partial charge is 0.339 e. The third-order valence-corrected chi connectivity index (χ3v) is 3.80. The van der Waals surface area contributed by atoms with Crippen molar-refractivity contribution in [2.45, 2.75) is 6.42 Å². The minimum absolute atomic E-state index is 0.0771. The van der Waals surface area contributed by atoms with Gasteiger partial charge >= 0.3 is 11.9 Å². The number of halogens is 2. The van der Waals surface area contributed by atoms with Crippen molar-refractivity contribution >= 4 is 69.7 Å². The van der Waals surface area contributed by atoms with Gasteiger partial charge in [0.15, 0.2) is 0 Å². The fourth-order valence-corrected chi connectivity index (χ4v) is 3.51. The number of rotatable bonds is 7. The van der Waals surface area contributed by atoms with Crippen LogP contribution in [0.15, 0.2) is 12.1 Å². The minimum atomic E-state index is -1.05. The Morgan fingerprint density at radius 3 is 2.55 bits per heavy atom. The van der Waals surface area contributed by atoms with E-state index in [-0.39, 0.29) is 31.2 Å². The molecule has 0 bridgehead atoms. The molecule has 20 heavy (non-hydrogen) atoms. The van der Waals surface area contributed by atoms with E-state index in [4.69, 9.17) is 14.6 Å². The molecule has 1 aromatic rings. The summed E-state index contributed by atoms with van der Waals surface area (Å²) in [4.78, 5) is 22.3. The lowest BCUT2D eigenvalue weighted by molar-refractivity contribution is -0.143. The zero-order valence-corrected chi connectivity index (χ0v) is 15.5. The molecule has 5 nitrogen and oxygen atoms in total. The molecule has 0 aliphatic carbocycles. The molecule has 0 aromatic heterocycles. The molecule has 0 saturated carbocycles. The maximum absolute atomic E-state index is 11.2. The molecule has 1 N–H and O–H groups in total. The fraction of sp³-hybridized carbons (Fsp3) is 0.333. The van der Waals surface area contributed by atoms with Crippen LogP contribution in [0.5, 0.6) is 5.75 Å². The first kappa shape index (κ1) is 17.8. The lowest BCUT2D eigenvalue weighted by Crippen LogP contribution is -2.14. The number of carboxylic acid groups (broad SMARTS) is 1. The minimum Gasteiger partial charge on any atom is -0.488 e. The SMILES string of the molecule is O=C(CCS)OCCOc1c(I)cc(I)cc1C(=O)O. The summed E-state index contributed by atoms with van der Waals surface area (Å²) in [7, 11) is 0. The Balaban J connectivity index is 2.64. The molecule has 0 fully saturated rings. The molecule has 1 aromatic carbocycles. The monoisotopic (exact) mass is 522 g/mol. The van der Waals surface area contributed by atoms with Gasteiger partial charge in [-0.15, -0.1) is 0 Å². The van der Waals surface area contributed by atoms with Crippen LogP contribution in [-0.4, -0.2) is 36.0 Å². The molecule has 0 spiro atoms. The quantitative estimate of drug-likeness (QED) is 0.250. The van der Waals surface area contributed by atoms with Crippen LogP contribution in [0.2, 0.25) is 0 Å². The van der Waals surface area contributed by atoms with Crippen LogP contribution < -0.4 is 4.74 Å². The van der Waals surface area contributed by atoms with E-state index in [1.54, 1.807) is 0 Å². The second-order valence-corrected chi connectivity index (χ2v) is 6.47. The van der Waals surface area contributed by atoms with E-state index in [0.29, 0.717) is 15.1 Å². The van der Waals surface area contributed by atoms with Gasteiger partial charge in [0.25, 0.3) is 0 Å². The van der Waals surface area contributed by atoms with Gasteiger partial charge in [-0.1, -0.05) is 0 Å². The molecule has 0 unspecified atom stereocenters. The summed E-state index contributed by atoms with van der Waals surface area (Å²) in [5.74, 6) is -0.677. The number of thiol groups is 1. The van der Waals surface area contributed by atoms with Gasteiger partial charge < -0.3 is 14.6 Å². The van der Waals surface area contributed by atoms with E-state index in [1.165, 1.54) is 6.07 Å². The predicted octanol–water partition coefficient (Wildman–Crippen LogP) is 2.84. The van der Waals surface area contributed by atoms with Crippen LogP contribution in [0.4, 0.5) is 0 Å². The Morgan fingerprint density at radius 2 is 1.95 bits per heavy atom. The predicted molar refractivity (Wildman–Crippen MR) is 93.8 cm³/mol. The van der Waals surface area contributed by atoms with Crippen LogP contribution in [0.25, 0.3) is 0 Å². The summed E-state index contributed by atoms with van der Waals surface area (Å²) in [5, 5.41) is 9.15. The Bertz CT molecular complexity index is 507. The molecule has 0 atom stereocenters. The summed E-state index contributed by atoms with van der Waals surface area (Å²) < 4.78 is 11.8. The lowest BCUT2D eigenvalue weighted by Gasteiger charge is -2.12. The number of esters is 1. The maximum atomic E-state index is 11.2. The summed E-state index contributed by atoms with van der Waals surface area (Å²) in [6.07, 6.45) is 0.241. The van der Waals surface area contributed by atoms with E-state index in [9.17, 15) is 9.59 Å². The molecular formula is C12H12I2O5S. The number of benzene rings is 1. The van der Waals surface area contributed by atoms with E-state index in [2.05, 4.69) is 12.6 Å². The van der Waals surface area contributed by atoms with Crippen molar-refractivity contribution in [2.75, 3.05) is 19.0 Å². The molecule has 0 radical (unpaired) electrons. The van der Waals surface area contributed by atoms with Gasteiger partial charge in [-0.3, -0.25) is 4.79 Å². The first-order valence-electron chi connectivity index (χ1n) is 5.57. The maximum Gasteiger partial charge on any atom is 0.339 e. The molecule has 0 amide bonds. The van der Waals surface area contributed by atoms with Crippen molar-refractivity contribution in [2.24, 2.45) is 0 Å². The second-order valence-electron chi connectivity index (χ2n) is 3.61. The average Bonchev–Trinajstić information content (AvgIpc) is 2.36. The van der Waals surface area contributed by atoms with Crippen molar-refractivity contribution in [3.63, 3.8) is 0 Å². The molecule has 0 aliphatic heterocycles. The highest BCUT2D eigenvalue weighted by Gasteiger charge is 2.16. The number of hydrogen-bond donors (Lipinski definition) is 2. The molecule has 0 saturated heterocycles. The van der Waals surface area contributed by atoms with Gasteiger partial charge in [0.1, 0.15) is 24.5 Å². The van der Waals surface area contributed by atoms with Gasteiger partial charge in [0.05, 0.1) is 9.99 Å². The number of carbonyl (C=O) groups excluding carboxylic acids is 1. The summed E-state index contributed by atoms with van der Waals surface area (Å²) in [6, 6.07) is 3.35. The van der Waals surface area contributed by atoms with E-state index in [1.807, 2.05) is 51.2 Å². The zero-order chi connectivity index (χ0) is 15.1. The Morgan fingerprint density at radius 1 is 1.25 bits per heavy atom. The largest absolute Gasteiger partial charge is 0.488 e. The summed E-state index contributed by atoms with van der Waals surface area (Å²) >= 11 is 7.98. The van der Waals surface area contributed by atoms with Gasteiger partial charge in [0, 0.05) is 9.32 Å². The first-order valence-corrected chi connectivity index (χ1v) is 8.36. The molecular weight excluding hydrogens is 510 g/mol. The molecule has 110 valence electrons. The number of aromatic carboxylic acids is 1. The highest BCUT2D eigenvalue weighted by atomic mass is 127. The van der Waals surface area contributed by atoms with Crippen molar-refractivity contribution in [1.82, 2.24) is 0 Å². The highest BCUT2D eigenvalue weighted by molar-refractivity contribution is 14.1. The third kappa shape index (κ3) is 5.64. The fourth-order valence-electron chi connectivity index (χ4n) is 1.33. The normalized spacial score (nSPS) is 10.2.